The van der Waals surface area contributed by atoms with Gasteiger partial charge in [0.05, 0.1) is 0 Å². The van der Waals surface area contributed by atoms with E-state index in [-0.39, 0.29) is 11.9 Å². The zero-order valence-corrected chi connectivity index (χ0v) is 13.3. The predicted molar refractivity (Wildman–Crippen MR) is 84.2 cm³/mol. The number of carbonyl (C=O) groups is 1. The molecule has 2 N–H and O–H groups in total. The van der Waals surface area contributed by atoms with Crippen molar-refractivity contribution in [3.8, 4) is 0 Å². The van der Waals surface area contributed by atoms with Crippen molar-refractivity contribution in [1.29, 1.82) is 0 Å². The first-order valence-electron chi connectivity index (χ1n) is 7.57. The molecule has 0 saturated carbocycles. The van der Waals surface area contributed by atoms with Gasteiger partial charge in [-0.2, -0.15) is 0 Å². The molecule has 0 fully saturated rings. The lowest BCUT2D eigenvalue weighted by atomic mass is 10.0. The van der Waals surface area contributed by atoms with Gasteiger partial charge in [0, 0.05) is 23.8 Å². The van der Waals surface area contributed by atoms with Crippen LogP contribution in [0.4, 0.5) is 5.82 Å². The summed E-state index contributed by atoms with van der Waals surface area (Å²) in [6.07, 6.45) is 1.76. The number of amides is 1. The molecule has 0 radical (unpaired) electrons. The Bertz CT molecular complexity index is 443. The molecular weight excluding hydrogens is 250 g/mol. The minimum Gasteiger partial charge on any atom is -0.370 e. The van der Waals surface area contributed by atoms with Gasteiger partial charge in [-0.05, 0) is 37.8 Å². The van der Waals surface area contributed by atoms with E-state index in [2.05, 4.69) is 36.4 Å². The monoisotopic (exact) mass is 277 g/mol. The van der Waals surface area contributed by atoms with Crippen LogP contribution in [0.25, 0.3) is 0 Å². The second-order valence-corrected chi connectivity index (χ2v) is 5.35. The molecule has 0 aromatic carbocycles. The Kier molecular flexibility index (Phi) is 6.49. The summed E-state index contributed by atoms with van der Waals surface area (Å²) in [7, 11) is 0. The average molecular weight is 277 g/mol. The molecule has 0 bridgehead atoms. The molecule has 1 heterocycles. The van der Waals surface area contributed by atoms with Crippen molar-refractivity contribution >= 4 is 11.7 Å². The lowest BCUT2D eigenvalue weighted by Crippen LogP contribution is -2.38. The largest absolute Gasteiger partial charge is 0.370 e. The number of nitrogens with zero attached hydrogens (tertiary/aromatic N) is 1. The van der Waals surface area contributed by atoms with Crippen LogP contribution in [0, 0.1) is 5.92 Å². The molecule has 1 unspecified atom stereocenters. The van der Waals surface area contributed by atoms with Gasteiger partial charge in [0.2, 0.25) is 0 Å². The zero-order chi connectivity index (χ0) is 15.1. The molecule has 112 valence electrons. The lowest BCUT2D eigenvalue weighted by molar-refractivity contribution is 0.0924. The van der Waals surface area contributed by atoms with E-state index in [0.717, 1.165) is 30.9 Å². The third kappa shape index (κ3) is 4.51. The molecule has 4 heteroatoms. The highest BCUT2D eigenvalue weighted by Crippen LogP contribution is 2.13. The van der Waals surface area contributed by atoms with Gasteiger partial charge in [-0.25, -0.2) is 4.98 Å². The topological polar surface area (TPSA) is 54.0 Å². The van der Waals surface area contributed by atoms with Gasteiger partial charge < -0.3 is 10.6 Å². The normalized spacial score (nSPS) is 12.3. The Labute approximate surface area is 122 Å². The highest BCUT2D eigenvalue weighted by atomic mass is 16.1. The number of aromatic nitrogens is 1. The summed E-state index contributed by atoms with van der Waals surface area (Å²) < 4.78 is 0. The molecule has 0 spiro atoms. The van der Waals surface area contributed by atoms with Crippen LogP contribution in [0.2, 0.25) is 0 Å². The van der Waals surface area contributed by atoms with Gasteiger partial charge in [0.1, 0.15) is 5.82 Å². The van der Waals surface area contributed by atoms with E-state index in [0.29, 0.717) is 11.5 Å². The third-order valence-corrected chi connectivity index (χ3v) is 3.42. The Morgan fingerprint density at radius 1 is 1.25 bits per heavy atom. The van der Waals surface area contributed by atoms with E-state index in [1.54, 1.807) is 0 Å². The van der Waals surface area contributed by atoms with Gasteiger partial charge in [-0.15, -0.1) is 0 Å². The molecule has 1 aromatic rings. The average Bonchev–Trinajstić information content (AvgIpc) is 2.44. The van der Waals surface area contributed by atoms with Crippen LogP contribution in [0.1, 0.15) is 57.1 Å². The second-order valence-electron chi connectivity index (χ2n) is 5.35. The summed E-state index contributed by atoms with van der Waals surface area (Å²) in [5.41, 5.74) is 1.62. The lowest BCUT2D eigenvalue weighted by Gasteiger charge is -2.21. The fourth-order valence-corrected chi connectivity index (χ4v) is 2.16. The predicted octanol–water partition coefficient (Wildman–Crippen LogP) is 3.24. The van der Waals surface area contributed by atoms with Gasteiger partial charge in [0.15, 0.2) is 0 Å². The molecule has 0 aliphatic heterocycles. The molecule has 4 nitrogen and oxygen atoms in total. The summed E-state index contributed by atoms with van der Waals surface area (Å²) in [5, 5.41) is 6.29. The third-order valence-electron chi connectivity index (χ3n) is 3.42. The Balaban J connectivity index is 2.93. The Morgan fingerprint density at radius 2 is 1.95 bits per heavy atom. The van der Waals surface area contributed by atoms with Gasteiger partial charge in [0.25, 0.3) is 5.91 Å². The maximum absolute atomic E-state index is 12.4. The van der Waals surface area contributed by atoms with Crippen molar-refractivity contribution in [1.82, 2.24) is 10.3 Å². The van der Waals surface area contributed by atoms with Crippen molar-refractivity contribution < 1.29 is 4.79 Å². The van der Waals surface area contributed by atoms with E-state index in [9.17, 15) is 4.79 Å². The van der Waals surface area contributed by atoms with E-state index < -0.39 is 0 Å². The van der Waals surface area contributed by atoms with Crippen LogP contribution in [-0.4, -0.2) is 23.5 Å². The summed E-state index contributed by atoms with van der Waals surface area (Å²) in [4.78, 5) is 16.8. The maximum atomic E-state index is 12.4. The number of anilines is 1. The van der Waals surface area contributed by atoms with Crippen LogP contribution < -0.4 is 10.6 Å². The van der Waals surface area contributed by atoms with Crippen LogP contribution >= 0.6 is 0 Å². The van der Waals surface area contributed by atoms with E-state index in [1.807, 2.05) is 26.0 Å². The van der Waals surface area contributed by atoms with Gasteiger partial charge in [-0.3, -0.25) is 4.79 Å². The van der Waals surface area contributed by atoms with Crippen molar-refractivity contribution in [2.45, 2.75) is 53.5 Å². The van der Waals surface area contributed by atoms with Crippen LogP contribution in [0.15, 0.2) is 12.1 Å². The number of nitrogens with one attached hydrogen (secondary N) is 2. The molecular formula is C16H27N3O. The number of carbonyl (C=O) groups excluding carboxylic acids is 1. The number of hydrogen-bond donors (Lipinski definition) is 2. The molecule has 1 atom stereocenters. The number of aryl methyl sites for hydroxylation is 1. The fraction of sp³-hybridized carbons (Fsp3) is 0.625. The fourth-order valence-electron chi connectivity index (χ4n) is 2.16. The molecule has 1 rings (SSSR count). The summed E-state index contributed by atoms with van der Waals surface area (Å²) >= 11 is 0. The van der Waals surface area contributed by atoms with Gasteiger partial charge in [-0.1, -0.05) is 27.7 Å². The summed E-state index contributed by atoms with van der Waals surface area (Å²) in [5.74, 6) is 1.20. The summed E-state index contributed by atoms with van der Waals surface area (Å²) in [6, 6.07) is 3.91. The number of hydrogen-bond acceptors (Lipinski definition) is 3. The summed E-state index contributed by atoms with van der Waals surface area (Å²) in [6.45, 7) is 11.2. The van der Waals surface area contributed by atoms with Crippen molar-refractivity contribution in [2.75, 3.05) is 11.9 Å². The van der Waals surface area contributed by atoms with E-state index >= 15 is 0 Å². The molecule has 0 aliphatic carbocycles. The number of pyridine rings is 1. The van der Waals surface area contributed by atoms with Crippen molar-refractivity contribution in [3.63, 3.8) is 0 Å². The minimum absolute atomic E-state index is 0.0122. The maximum Gasteiger partial charge on any atom is 0.251 e. The van der Waals surface area contributed by atoms with Gasteiger partial charge >= 0.3 is 0 Å². The highest BCUT2D eigenvalue weighted by Gasteiger charge is 2.16. The first-order chi connectivity index (χ1) is 9.51. The van der Waals surface area contributed by atoms with E-state index in [4.69, 9.17) is 0 Å². The van der Waals surface area contributed by atoms with E-state index in [1.165, 1.54) is 0 Å². The highest BCUT2D eigenvalue weighted by molar-refractivity contribution is 5.95. The van der Waals surface area contributed by atoms with Crippen molar-refractivity contribution in [3.05, 3.63) is 23.4 Å². The zero-order valence-electron chi connectivity index (χ0n) is 13.3. The smallest absolute Gasteiger partial charge is 0.251 e. The van der Waals surface area contributed by atoms with Crippen LogP contribution in [0.3, 0.4) is 0 Å². The molecule has 20 heavy (non-hydrogen) atoms. The van der Waals surface area contributed by atoms with Crippen molar-refractivity contribution in [2.24, 2.45) is 5.92 Å². The molecule has 1 aromatic heterocycles. The number of rotatable bonds is 7. The first kappa shape index (κ1) is 16.5. The Morgan fingerprint density at radius 3 is 2.45 bits per heavy atom. The molecule has 0 saturated heterocycles. The standard InChI is InChI=1S/C16H27N3O/c1-6-13-9-12(10-15(18-13)17-8-3)16(20)19-14(7-2)11(4)5/h9-11,14H,6-8H2,1-5H3,(H,17,18)(H,19,20). The van der Waals surface area contributed by atoms with Crippen LogP contribution in [0.5, 0.6) is 0 Å². The first-order valence-corrected chi connectivity index (χ1v) is 7.57. The molecule has 1 amide bonds. The Hall–Kier alpha value is -1.58. The quantitative estimate of drug-likeness (QED) is 0.804. The SMILES string of the molecule is CCNc1cc(C(=O)NC(CC)C(C)C)cc(CC)n1. The van der Waals surface area contributed by atoms with Crippen LogP contribution in [-0.2, 0) is 6.42 Å². The molecule has 0 aliphatic rings. The second kappa shape index (κ2) is 7.88. The minimum atomic E-state index is -0.0122.